The minimum atomic E-state index is -0.616. The standard InChI is InChI=1S/C29H24F2N4S2/c1-3-36-23-8-4-18(5-9-23)24-13-20-12-19(6-10-26(20)34-29(24)32)21-14-27(17(2)33-16-21)35-37-28-11-7-22(30)15-25(28)31/h4-16,35H,3H2,1-2H3,(H2,32,34). The molecule has 0 unspecified atom stereocenters. The fraction of sp³-hybridized carbons (Fsp3) is 0.103. The molecule has 186 valence electrons. The largest absolute Gasteiger partial charge is 0.383 e. The van der Waals surface area contributed by atoms with Gasteiger partial charge in [-0.2, -0.15) is 0 Å². The average molecular weight is 531 g/mol. The van der Waals surface area contributed by atoms with Crippen molar-refractivity contribution < 1.29 is 8.78 Å². The van der Waals surface area contributed by atoms with Crippen LogP contribution in [0.25, 0.3) is 33.2 Å². The minimum absolute atomic E-state index is 0.300. The summed E-state index contributed by atoms with van der Waals surface area (Å²) in [7, 11) is 0. The van der Waals surface area contributed by atoms with Crippen molar-refractivity contribution in [2.24, 2.45) is 0 Å². The normalized spacial score (nSPS) is 11.1. The van der Waals surface area contributed by atoms with E-state index < -0.39 is 11.6 Å². The Morgan fingerprint density at radius 1 is 0.892 bits per heavy atom. The zero-order chi connectivity index (χ0) is 25.9. The van der Waals surface area contributed by atoms with Gasteiger partial charge in [-0.25, -0.2) is 13.8 Å². The second kappa shape index (κ2) is 10.8. The van der Waals surface area contributed by atoms with E-state index in [1.807, 2.05) is 25.1 Å². The van der Waals surface area contributed by atoms with Crippen LogP contribution in [-0.4, -0.2) is 15.7 Å². The van der Waals surface area contributed by atoms with Crippen molar-refractivity contribution in [3.05, 3.63) is 96.3 Å². The lowest BCUT2D eigenvalue weighted by Gasteiger charge is -2.12. The Balaban J connectivity index is 1.45. The molecular formula is C29H24F2N4S2. The summed E-state index contributed by atoms with van der Waals surface area (Å²) in [6.45, 7) is 4.01. The highest BCUT2D eigenvalue weighted by atomic mass is 32.2. The Bertz CT molecular complexity index is 1590. The molecule has 0 radical (unpaired) electrons. The van der Waals surface area contributed by atoms with E-state index >= 15 is 0 Å². The van der Waals surface area contributed by atoms with Crippen LogP contribution in [0.15, 0.2) is 88.8 Å². The lowest BCUT2D eigenvalue weighted by atomic mass is 10.0. The van der Waals surface area contributed by atoms with E-state index in [0.29, 0.717) is 10.7 Å². The molecule has 8 heteroatoms. The van der Waals surface area contributed by atoms with E-state index in [1.165, 1.54) is 17.0 Å². The molecular weight excluding hydrogens is 506 g/mol. The fourth-order valence-electron chi connectivity index (χ4n) is 3.96. The van der Waals surface area contributed by atoms with E-state index in [0.717, 1.165) is 68.3 Å². The van der Waals surface area contributed by atoms with E-state index in [-0.39, 0.29) is 0 Å². The van der Waals surface area contributed by atoms with Crippen LogP contribution in [0.4, 0.5) is 20.3 Å². The molecule has 0 aliphatic heterocycles. The molecule has 2 aromatic heterocycles. The Kier molecular flexibility index (Phi) is 7.30. The molecule has 0 saturated carbocycles. The highest BCUT2D eigenvalue weighted by Gasteiger charge is 2.11. The SMILES string of the molecule is CCSc1ccc(-c2cc3cc(-c4cnc(C)c(NSc5ccc(F)cc5F)c4)ccc3nc2N)cc1. The van der Waals surface area contributed by atoms with Gasteiger partial charge in [0.2, 0.25) is 0 Å². The summed E-state index contributed by atoms with van der Waals surface area (Å²) >= 11 is 2.88. The number of aryl methyl sites for hydroxylation is 1. The third-order valence-electron chi connectivity index (χ3n) is 5.91. The van der Waals surface area contributed by atoms with Crippen LogP contribution in [0.1, 0.15) is 12.6 Å². The van der Waals surface area contributed by atoms with Gasteiger partial charge in [-0.1, -0.05) is 25.1 Å². The van der Waals surface area contributed by atoms with Crippen molar-refractivity contribution >= 4 is 46.1 Å². The van der Waals surface area contributed by atoms with Gasteiger partial charge in [0, 0.05) is 33.7 Å². The van der Waals surface area contributed by atoms with Crippen molar-refractivity contribution in [1.29, 1.82) is 0 Å². The van der Waals surface area contributed by atoms with Gasteiger partial charge in [-0.05, 0) is 84.3 Å². The smallest absolute Gasteiger partial charge is 0.141 e. The third-order valence-corrected chi connectivity index (χ3v) is 7.67. The summed E-state index contributed by atoms with van der Waals surface area (Å²) in [6, 6.07) is 21.9. The summed E-state index contributed by atoms with van der Waals surface area (Å²) in [5.41, 5.74) is 12.4. The lowest BCUT2D eigenvalue weighted by molar-refractivity contribution is 0.566. The van der Waals surface area contributed by atoms with E-state index in [2.05, 4.69) is 58.0 Å². The lowest BCUT2D eigenvalue weighted by Crippen LogP contribution is -1.96. The van der Waals surface area contributed by atoms with Gasteiger partial charge in [-0.3, -0.25) is 4.98 Å². The molecule has 0 atom stereocenters. The number of halogens is 2. The van der Waals surface area contributed by atoms with Gasteiger partial charge >= 0.3 is 0 Å². The maximum Gasteiger partial charge on any atom is 0.141 e. The van der Waals surface area contributed by atoms with Crippen LogP contribution in [0, 0.1) is 18.6 Å². The minimum Gasteiger partial charge on any atom is -0.383 e. The van der Waals surface area contributed by atoms with E-state index in [4.69, 9.17) is 5.73 Å². The number of pyridine rings is 2. The van der Waals surface area contributed by atoms with Crippen LogP contribution < -0.4 is 10.5 Å². The quantitative estimate of drug-likeness (QED) is 0.163. The molecule has 5 aromatic rings. The monoisotopic (exact) mass is 530 g/mol. The molecule has 0 saturated heterocycles. The average Bonchev–Trinajstić information content (AvgIpc) is 2.89. The molecule has 0 amide bonds. The molecule has 3 N–H and O–H groups in total. The molecule has 5 rings (SSSR count). The van der Waals surface area contributed by atoms with E-state index in [9.17, 15) is 8.78 Å². The number of fused-ring (bicyclic) bond motifs is 1. The highest BCUT2D eigenvalue weighted by molar-refractivity contribution is 8.00. The number of nitrogens with zero attached hydrogens (tertiary/aromatic N) is 2. The second-order valence-corrected chi connectivity index (χ2v) is 10.6. The summed E-state index contributed by atoms with van der Waals surface area (Å²) in [5, 5.41) is 0.964. The van der Waals surface area contributed by atoms with Crippen molar-refractivity contribution in [1.82, 2.24) is 9.97 Å². The molecule has 0 aliphatic carbocycles. The molecule has 0 bridgehead atoms. The summed E-state index contributed by atoms with van der Waals surface area (Å²) < 4.78 is 30.4. The van der Waals surface area contributed by atoms with Gasteiger partial charge in [0.15, 0.2) is 0 Å². The first-order valence-corrected chi connectivity index (χ1v) is 13.5. The molecule has 0 spiro atoms. The van der Waals surface area contributed by atoms with Crippen LogP contribution in [-0.2, 0) is 0 Å². The summed E-state index contributed by atoms with van der Waals surface area (Å²) in [4.78, 5) is 10.7. The first kappa shape index (κ1) is 25.0. The van der Waals surface area contributed by atoms with Crippen molar-refractivity contribution in [3.63, 3.8) is 0 Å². The molecule has 37 heavy (non-hydrogen) atoms. The summed E-state index contributed by atoms with van der Waals surface area (Å²) in [5.74, 6) is 0.291. The first-order chi connectivity index (χ1) is 17.9. The second-order valence-electron chi connectivity index (χ2n) is 8.42. The van der Waals surface area contributed by atoms with Crippen LogP contribution >= 0.6 is 23.7 Å². The maximum atomic E-state index is 14.1. The Labute approximate surface area is 222 Å². The number of hydrogen-bond acceptors (Lipinski definition) is 6. The molecule has 2 heterocycles. The zero-order valence-corrected chi connectivity index (χ0v) is 21.9. The Hall–Kier alpha value is -3.62. The van der Waals surface area contributed by atoms with Crippen molar-refractivity contribution in [3.8, 4) is 22.3 Å². The molecule has 3 aromatic carbocycles. The number of anilines is 2. The fourth-order valence-corrected chi connectivity index (χ4v) is 5.34. The predicted molar refractivity (Wildman–Crippen MR) is 152 cm³/mol. The highest BCUT2D eigenvalue weighted by Crippen LogP contribution is 2.33. The van der Waals surface area contributed by atoms with Gasteiger partial charge in [0.25, 0.3) is 0 Å². The molecule has 0 fully saturated rings. The number of rotatable bonds is 7. The number of benzene rings is 3. The molecule has 0 aliphatic rings. The first-order valence-electron chi connectivity index (χ1n) is 11.7. The topological polar surface area (TPSA) is 63.8 Å². The van der Waals surface area contributed by atoms with Gasteiger partial charge in [-0.15, -0.1) is 11.8 Å². The van der Waals surface area contributed by atoms with Crippen molar-refractivity contribution in [2.75, 3.05) is 16.2 Å². The zero-order valence-electron chi connectivity index (χ0n) is 20.3. The number of aromatic nitrogens is 2. The maximum absolute atomic E-state index is 14.1. The van der Waals surface area contributed by atoms with Crippen LogP contribution in [0.2, 0.25) is 0 Å². The van der Waals surface area contributed by atoms with Crippen LogP contribution in [0.5, 0.6) is 0 Å². The predicted octanol–water partition coefficient (Wildman–Crippen LogP) is 8.36. The number of thioether (sulfide) groups is 1. The van der Waals surface area contributed by atoms with E-state index in [1.54, 1.807) is 18.0 Å². The number of hydrogen-bond donors (Lipinski definition) is 2. The Morgan fingerprint density at radius 2 is 1.68 bits per heavy atom. The molecule has 4 nitrogen and oxygen atoms in total. The van der Waals surface area contributed by atoms with Gasteiger partial charge in [0.05, 0.1) is 21.8 Å². The van der Waals surface area contributed by atoms with Gasteiger partial charge < -0.3 is 10.5 Å². The number of nitrogens with two attached hydrogens (primary N) is 1. The third kappa shape index (κ3) is 5.55. The number of nitrogens with one attached hydrogen (secondary N) is 1. The number of nitrogen functional groups attached to an aromatic ring is 1. The summed E-state index contributed by atoms with van der Waals surface area (Å²) in [6.07, 6.45) is 1.81. The van der Waals surface area contributed by atoms with Crippen molar-refractivity contribution in [2.45, 2.75) is 23.6 Å². The Morgan fingerprint density at radius 3 is 2.43 bits per heavy atom. The van der Waals surface area contributed by atoms with Crippen LogP contribution in [0.3, 0.4) is 0 Å². The van der Waals surface area contributed by atoms with Gasteiger partial charge in [0.1, 0.15) is 17.5 Å².